The van der Waals surface area contributed by atoms with Gasteiger partial charge >= 0.3 is 0 Å². The van der Waals surface area contributed by atoms with Gasteiger partial charge in [-0.2, -0.15) is 0 Å². The first-order chi connectivity index (χ1) is 16.9. The summed E-state index contributed by atoms with van der Waals surface area (Å²) < 4.78 is 63.5. The van der Waals surface area contributed by atoms with Crippen LogP contribution >= 0.6 is 0 Å². The average Bonchev–Trinajstić information content (AvgIpc) is 2.87. The highest BCUT2D eigenvalue weighted by atomic mass is 19.2. The molecule has 1 saturated carbocycles. The third-order valence-corrected chi connectivity index (χ3v) is 6.58. The highest BCUT2D eigenvalue weighted by Gasteiger charge is 2.25. The van der Waals surface area contributed by atoms with E-state index in [4.69, 9.17) is 4.74 Å². The largest absolute Gasteiger partial charge is 0.393 e. The maximum atomic E-state index is 14.9. The predicted octanol–water partition coefficient (Wildman–Crippen LogP) is 7.64. The Morgan fingerprint density at radius 3 is 2.20 bits per heavy atom. The molecule has 184 valence electrons. The van der Waals surface area contributed by atoms with Gasteiger partial charge in [-0.3, -0.25) is 0 Å². The molecule has 3 aromatic carbocycles. The van der Waals surface area contributed by atoms with Gasteiger partial charge in [-0.15, -0.1) is 0 Å². The summed E-state index contributed by atoms with van der Waals surface area (Å²) >= 11 is 0. The first-order valence-corrected chi connectivity index (χ1v) is 11.9. The Labute approximate surface area is 202 Å². The summed E-state index contributed by atoms with van der Waals surface area (Å²) in [6.45, 7) is 2.19. The average molecular weight is 485 g/mol. The van der Waals surface area contributed by atoms with Crippen LogP contribution in [0.5, 0.6) is 0 Å². The molecular weight excluding hydrogens is 456 g/mol. The van der Waals surface area contributed by atoms with Crippen LogP contribution < -0.4 is 0 Å². The Hall–Kier alpha value is -2.96. The fourth-order valence-corrected chi connectivity index (χ4v) is 4.51. The molecule has 0 spiro atoms. The fourth-order valence-electron chi connectivity index (χ4n) is 4.51. The molecule has 0 amide bonds. The number of hydrogen-bond donors (Lipinski definition) is 1. The smallest absolute Gasteiger partial charge is 0.166 e. The molecular formula is C29H28F4O2. The van der Waals surface area contributed by atoms with Crippen molar-refractivity contribution in [2.24, 2.45) is 0 Å². The number of rotatable bonds is 7. The normalized spacial score (nSPS) is 18.3. The van der Waals surface area contributed by atoms with Crippen LogP contribution in [0.3, 0.4) is 0 Å². The molecule has 0 aliphatic heterocycles. The number of aliphatic hydroxyl groups is 1. The molecule has 0 bridgehead atoms. The predicted molar refractivity (Wildman–Crippen MR) is 130 cm³/mol. The molecule has 0 atom stereocenters. The Balaban J connectivity index is 1.50. The zero-order valence-electron chi connectivity index (χ0n) is 19.5. The van der Waals surface area contributed by atoms with Crippen molar-refractivity contribution in [2.75, 3.05) is 6.61 Å². The van der Waals surface area contributed by atoms with Gasteiger partial charge in [0.25, 0.3) is 0 Å². The highest BCUT2D eigenvalue weighted by molar-refractivity contribution is 5.72. The van der Waals surface area contributed by atoms with Crippen LogP contribution in [0.2, 0.25) is 0 Å². The Bertz CT molecular complexity index is 1200. The van der Waals surface area contributed by atoms with E-state index in [0.29, 0.717) is 49.0 Å². The minimum Gasteiger partial charge on any atom is -0.393 e. The second-order valence-corrected chi connectivity index (χ2v) is 8.87. The van der Waals surface area contributed by atoms with Gasteiger partial charge in [0.1, 0.15) is 0 Å². The molecule has 1 aliphatic carbocycles. The molecule has 4 rings (SSSR count). The minimum atomic E-state index is -0.944. The van der Waals surface area contributed by atoms with Gasteiger partial charge in [-0.05, 0) is 55.2 Å². The van der Waals surface area contributed by atoms with E-state index in [0.717, 1.165) is 0 Å². The Morgan fingerprint density at radius 2 is 1.51 bits per heavy atom. The summed E-state index contributed by atoms with van der Waals surface area (Å²) in [4.78, 5) is 0. The molecule has 0 unspecified atom stereocenters. The minimum absolute atomic E-state index is 0.00657. The SMILES string of the molecule is CCOCc1ccc(/C=C/c2ccc(-c3ccc(C4CCC(O)CC4)c(F)c3F)cc2)c(F)c1F. The van der Waals surface area contributed by atoms with Crippen molar-refractivity contribution >= 4 is 12.2 Å². The van der Waals surface area contributed by atoms with Crippen LogP contribution in [0.25, 0.3) is 23.3 Å². The van der Waals surface area contributed by atoms with Gasteiger partial charge < -0.3 is 9.84 Å². The number of halogens is 4. The van der Waals surface area contributed by atoms with Crippen LogP contribution in [0, 0.1) is 23.3 Å². The number of benzene rings is 3. The highest BCUT2D eigenvalue weighted by Crippen LogP contribution is 2.37. The molecule has 3 aromatic rings. The molecule has 1 N–H and O–H groups in total. The molecule has 0 aromatic heterocycles. The summed E-state index contributed by atoms with van der Waals surface area (Å²) in [6.07, 6.45) is 5.19. The van der Waals surface area contributed by atoms with Gasteiger partial charge in [-0.1, -0.05) is 60.7 Å². The van der Waals surface area contributed by atoms with Crippen molar-refractivity contribution in [3.8, 4) is 11.1 Å². The van der Waals surface area contributed by atoms with Gasteiger partial charge in [0.05, 0.1) is 12.7 Å². The van der Waals surface area contributed by atoms with Gasteiger partial charge in [-0.25, -0.2) is 17.6 Å². The standard InChI is InChI=1S/C29H28F4O2/c1-2-35-17-22-10-9-21(26(30)27(22)31)8-5-18-3-6-19(7-4-18)24-15-16-25(29(33)28(24)32)20-11-13-23(34)14-12-20/h3-10,15-16,20,23,34H,2,11-14,17H2,1H3/b8-5+. The van der Waals surface area contributed by atoms with E-state index in [9.17, 15) is 22.7 Å². The van der Waals surface area contributed by atoms with Gasteiger partial charge in [0.2, 0.25) is 0 Å². The lowest BCUT2D eigenvalue weighted by molar-refractivity contribution is 0.122. The van der Waals surface area contributed by atoms with E-state index < -0.39 is 23.3 Å². The zero-order valence-corrected chi connectivity index (χ0v) is 19.5. The molecule has 1 aliphatic rings. The monoisotopic (exact) mass is 484 g/mol. The lowest BCUT2D eigenvalue weighted by Gasteiger charge is -2.26. The first-order valence-electron chi connectivity index (χ1n) is 11.9. The molecule has 1 fully saturated rings. The van der Waals surface area contributed by atoms with Crippen LogP contribution in [0.4, 0.5) is 17.6 Å². The van der Waals surface area contributed by atoms with Gasteiger partial charge in [0.15, 0.2) is 23.3 Å². The number of ether oxygens (including phenoxy) is 1. The van der Waals surface area contributed by atoms with E-state index in [1.165, 1.54) is 18.2 Å². The van der Waals surface area contributed by atoms with Crippen molar-refractivity contribution in [3.05, 3.63) is 94.1 Å². The maximum absolute atomic E-state index is 14.9. The molecule has 2 nitrogen and oxygen atoms in total. The second kappa shape index (κ2) is 11.2. The van der Waals surface area contributed by atoms with E-state index in [1.54, 1.807) is 49.4 Å². The molecule has 35 heavy (non-hydrogen) atoms. The third kappa shape index (κ3) is 5.65. The first kappa shape index (κ1) is 25.1. The Morgan fingerprint density at radius 1 is 0.800 bits per heavy atom. The van der Waals surface area contributed by atoms with Crippen LogP contribution in [-0.4, -0.2) is 17.8 Å². The molecule has 0 heterocycles. The van der Waals surface area contributed by atoms with E-state index in [-0.39, 0.29) is 35.3 Å². The maximum Gasteiger partial charge on any atom is 0.166 e. The van der Waals surface area contributed by atoms with Crippen LogP contribution in [0.15, 0.2) is 48.5 Å². The third-order valence-electron chi connectivity index (χ3n) is 6.58. The summed E-state index contributed by atoms with van der Waals surface area (Å²) in [5.74, 6) is -3.69. The lowest BCUT2D eigenvalue weighted by atomic mass is 9.82. The molecule has 0 radical (unpaired) electrons. The lowest BCUT2D eigenvalue weighted by Crippen LogP contribution is -2.18. The summed E-state index contributed by atoms with van der Waals surface area (Å²) in [7, 11) is 0. The number of aliphatic hydroxyl groups excluding tert-OH is 1. The van der Waals surface area contributed by atoms with Gasteiger partial charge in [0, 0.05) is 23.3 Å². The zero-order chi connectivity index (χ0) is 24.9. The van der Waals surface area contributed by atoms with Crippen molar-refractivity contribution in [3.63, 3.8) is 0 Å². The quantitative estimate of drug-likeness (QED) is 0.276. The topological polar surface area (TPSA) is 29.5 Å². The summed E-state index contributed by atoms with van der Waals surface area (Å²) in [5, 5.41) is 9.67. The molecule has 0 saturated heterocycles. The van der Waals surface area contributed by atoms with Crippen molar-refractivity contribution < 1.29 is 27.4 Å². The van der Waals surface area contributed by atoms with Crippen molar-refractivity contribution in [2.45, 2.75) is 51.2 Å². The Kier molecular flexibility index (Phi) is 8.04. The fraction of sp³-hybridized carbons (Fsp3) is 0.310. The van der Waals surface area contributed by atoms with Crippen LogP contribution in [-0.2, 0) is 11.3 Å². The second-order valence-electron chi connectivity index (χ2n) is 8.87. The van der Waals surface area contributed by atoms with E-state index in [1.807, 2.05) is 0 Å². The van der Waals surface area contributed by atoms with Crippen molar-refractivity contribution in [1.82, 2.24) is 0 Å². The number of hydrogen-bond acceptors (Lipinski definition) is 2. The van der Waals surface area contributed by atoms with Crippen molar-refractivity contribution in [1.29, 1.82) is 0 Å². The summed E-state index contributed by atoms with van der Waals surface area (Å²) in [5.41, 5.74) is 2.00. The van der Waals surface area contributed by atoms with E-state index >= 15 is 0 Å². The summed E-state index contributed by atoms with van der Waals surface area (Å²) in [6, 6.07) is 12.9. The van der Waals surface area contributed by atoms with E-state index in [2.05, 4.69) is 0 Å². The van der Waals surface area contributed by atoms with Crippen LogP contribution in [0.1, 0.15) is 60.8 Å². The molecule has 6 heteroatoms.